The number of amides is 2. The van der Waals surface area contributed by atoms with Crippen molar-refractivity contribution in [1.29, 1.82) is 0 Å². The van der Waals surface area contributed by atoms with Crippen molar-refractivity contribution in [3.8, 4) is 45.4 Å². The monoisotopic (exact) mass is 716 g/mol. The van der Waals surface area contributed by atoms with E-state index in [9.17, 15) is 9.59 Å². The molecule has 4 N–H and O–H groups in total. The molecule has 0 unspecified atom stereocenters. The van der Waals surface area contributed by atoms with Gasteiger partial charge in [0.15, 0.2) is 0 Å². The molecule has 2 aromatic carbocycles. The molecular formula is C36H38Cl2N8O4. The molecule has 2 aliphatic heterocycles. The first-order chi connectivity index (χ1) is 24.3. The number of nitrogens with one attached hydrogen (secondary N) is 4. The van der Waals surface area contributed by atoms with Crippen LogP contribution in [0.25, 0.3) is 33.6 Å². The zero-order valence-corrected chi connectivity index (χ0v) is 29.3. The highest BCUT2D eigenvalue weighted by atomic mass is 35.5. The molecule has 2 aromatic heterocycles. The smallest absolute Gasteiger partial charge is 0.237 e. The predicted octanol–water partition coefficient (Wildman–Crippen LogP) is 4.72. The zero-order chi connectivity index (χ0) is 34.8. The van der Waals surface area contributed by atoms with E-state index in [1.807, 2.05) is 36.4 Å². The van der Waals surface area contributed by atoms with Crippen molar-refractivity contribution in [2.45, 2.75) is 63.3 Å². The second kappa shape index (κ2) is 14.9. The van der Waals surface area contributed by atoms with Crippen molar-refractivity contribution >= 4 is 35.0 Å². The van der Waals surface area contributed by atoms with Crippen LogP contribution in [-0.4, -0.2) is 70.6 Å². The van der Waals surface area contributed by atoms with Crippen LogP contribution in [0.4, 0.5) is 0 Å². The van der Waals surface area contributed by atoms with Gasteiger partial charge in [-0.3, -0.25) is 19.6 Å². The van der Waals surface area contributed by atoms with E-state index in [-0.39, 0.29) is 29.9 Å². The number of aromatic nitrogens is 4. The molecule has 3 aliphatic rings. The van der Waals surface area contributed by atoms with Crippen LogP contribution in [0, 0.1) is 5.92 Å². The number of methoxy groups -OCH3 is 2. The number of carbonyl (C=O) groups excluding carboxylic acids is 2. The van der Waals surface area contributed by atoms with E-state index in [2.05, 4.69) is 26.3 Å². The van der Waals surface area contributed by atoms with Gasteiger partial charge in [-0.1, -0.05) is 59.6 Å². The Morgan fingerprint density at radius 2 is 1.38 bits per heavy atom. The van der Waals surface area contributed by atoms with E-state index in [1.165, 1.54) is 0 Å². The van der Waals surface area contributed by atoms with Gasteiger partial charge in [0.1, 0.15) is 11.4 Å². The lowest BCUT2D eigenvalue weighted by molar-refractivity contribution is -0.120. The molecule has 0 bridgehead atoms. The largest absolute Gasteiger partial charge is 0.480 e. The minimum absolute atomic E-state index is 0.0810. The van der Waals surface area contributed by atoms with Crippen molar-refractivity contribution in [1.82, 2.24) is 41.2 Å². The van der Waals surface area contributed by atoms with Gasteiger partial charge in [0.05, 0.1) is 48.0 Å². The highest BCUT2D eigenvalue weighted by molar-refractivity contribution is 6.39. The van der Waals surface area contributed by atoms with Gasteiger partial charge >= 0.3 is 0 Å². The summed E-state index contributed by atoms with van der Waals surface area (Å²) < 4.78 is 11.2. The van der Waals surface area contributed by atoms with Gasteiger partial charge in [0.2, 0.25) is 23.6 Å². The maximum atomic E-state index is 11.9. The van der Waals surface area contributed by atoms with Crippen LogP contribution >= 0.6 is 23.2 Å². The number of benzene rings is 2. The van der Waals surface area contributed by atoms with Gasteiger partial charge in [0, 0.05) is 72.9 Å². The Hall–Kier alpha value is -4.36. The van der Waals surface area contributed by atoms with Gasteiger partial charge in [-0.05, 0) is 25.2 Å². The first kappa shape index (κ1) is 34.1. The average Bonchev–Trinajstić information content (AvgIpc) is 3.83. The van der Waals surface area contributed by atoms with E-state index in [0.717, 1.165) is 30.4 Å². The molecule has 14 heteroatoms. The molecule has 2 amide bonds. The summed E-state index contributed by atoms with van der Waals surface area (Å²) in [6, 6.07) is 11.8. The molecule has 2 saturated heterocycles. The molecule has 1 aliphatic carbocycles. The second-order valence-electron chi connectivity index (χ2n) is 12.8. The molecule has 0 spiro atoms. The number of rotatable bonds is 12. The van der Waals surface area contributed by atoms with Gasteiger partial charge in [-0.25, -0.2) is 9.97 Å². The Labute approximate surface area is 300 Å². The van der Waals surface area contributed by atoms with Crippen molar-refractivity contribution in [3.63, 3.8) is 0 Å². The Bertz CT molecular complexity index is 1930. The highest BCUT2D eigenvalue weighted by Gasteiger charge is 2.42. The molecular weight excluding hydrogens is 679 g/mol. The highest BCUT2D eigenvalue weighted by Crippen LogP contribution is 2.42. The number of hydrogen-bond acceptors (Lipinski definition) is 10. The molecule has 4 atom stereocenters. The fraction of sp³-hybridized carbons (Fsp3) is 0.389. The van der Waals surface area contributed by atoms with Crippen molar-refractivity contribution in [3.05, 3.63) is 70.2 Å². The third-order valence-electron chi connectivity index (χ3n) is 9.71. The maximum absolute atomic E-state index is 11.9. The van der Waals surface area contributed by atoms with E-state index in [1.54, 1.807) is 26.6 Å². The summed E-state index contributed by atoms with van der Waals surface area (Å²) in [4.78, 5) is 42.2. The molecule has 1 saturated carbocycles. The fourth-order valence-electron chi connectivity index (χ4n) is 7.16. The summed E-state index contributed by atoms with van der Waals surface area (Å²) >= 11 is 14.1. The summed E-state index contributed by atoms with van der Waals surface area (Å²) in [7, 11) is 3.13. The fourth-order valence-corrected chi connectivity index (χ4v) is 7.81. The molecule has 4 aromatic rings. The average molecular weight is 718 g/mol. The quantitative estimate of drug-likeness (QED) is 0.162. The lowest BCUT2D eigenvalue weighted by Gasteiger charge is -2.20. The topological polar surface area (TPSA) is 152 Å². The first-order valence-electron chi connectivity index (χ1n) is 16.7. The molecule has 260 valence electrons. The summed E-state index contributed by atoms with van der Waals surface area (Å²) in [6.07, 6.45) is 7.37. The van der Waals surface area contributed by atoms with Crippen LogP contribution in [0.1, 0.15) is 43.5 Å². The Kier molecular flexibility index (Phi) is 10.1. The molecule has 4 heterocycles. The van der Waals surface area contributed by atoms with Crippen molar-refractivity contribution < 1.29 is 19.1 Å². The third kappa shape index (κ3) is 6.98. The molecule has 0 radical (unpaired) electrons. The first-order valence-corrected chi connectivity index (χ1v) is 17.5. The molecule has 7 rings (SSSR count). The Morgan fingerprint density at radius 1 is 0.780 bits per heavy atom. The van der Waals surface area contributed by atoms with Crippen molar-refractivity contribution in [2.75, 3.05) is 20.8 Å². The van der Waals surface area contributed by atoms with Crippen LogP contribution in [0.3, 0.4) is 0 Å². The molecule has 12 nitrogen and oxygen atoms in total. The summed E-state index contributed by atoms with van der Waals surface area (Å²) in [5, 5.41) is 13.9. The van der Waals surface area contributed by atoms with Gasteiger partial charge in [-0.2, -0.15) is 0 Å². The van der Waals surface area contributed by atoms with E-state index < -0.39 is 0 Å². The molecule has 3 fully saturated rings. The number of nitrogens with zero attached hydrogens (tertiary/aromatic N) is 4. The number of ether oxygens (including phenoxy) is 2. The number of hydrogen-bond donors (Lipinski definition) is 4. The van der Waals surface area contributed by atoms with Crippen LogP contribution in [0.15, 0.2) is 48.8 Å². The predicted molar refractivity (Wildman–Crippen MR) is 190 cm³/mol. The minimum atomic E-state index is 0.0810. The van der Waals surface area contributed by atoms with Crippen LogP contribution in [-0.2, 0) is 22.7 Å². The van der Waals surface area contributed by atoms with Crippen LogP contribution < -0.4 is 30.7 Å². The number of halogens is 2. The number of fused-ring (bicyclic) bond motifs is 1. The number of carbonyl (C=O) groups is 2. The maximum Gasteiger partial charge on any atom is 0.237 e. The lowest BCUT2D eigenvalue weighted by Crippen LogP contribution is -2.44. The van der Waals surface area contributed by atoms with Gasteiger partial charge < -0.3 is 30.7 Å². The van der Waals surface area contributed by atoms with Gasteiger partial charge in [0.25, 0.3) is 0 Å². The van der Waals surface area contributed by atoms with E-state index >= 15 is 0 Å². The normalized spacial score (nSPS) is 21.2. The second-order valence-corrected chi connectivity index (χ2v) is 13.6. The Morgan fingerprint density at radius 3 is 1.96 bits per heavy atom. The summed E-state index contributed by atoms with van der Waals surface area (Å²) in [5.74, 6) is 1.38. The molecule has 50 heavy (non-hydrogen) atoms. The van der Waals surface area contributed by atoms with Crippen molar-refractivity contribution in [2.24, 2.45) is 5.92 Å². The standard InChI is InChI=1S/C36H38Cl2N8O4/c1-49-35-28(15-39-14-20-10-12-30(47)43-20)41-16-26(44-35)23-7-3-5-21(32(23)37)22-6-4-8-24(33(22)38)27-17-42-29(36(45-27)50-2)18-40-25-11-9-19-13-31(48)46-34(19)25/h3-8,16-17,19-20,25,34,39-40H,9-15,18H2,1-2H3,(H,43,47)(H,46,48)/t19-,20+,25-,34+/m1/s1. The summed E-state index contributed by atoms with van der Waals surface area (Å²) in [5.41, 5.74) is 5.23. The van der Waals surface area contributed by atoms with Gasteiger partial charge in [-0.15, -0.1) is 0 Å². The third-order valence-corrected chi connectivity index (χ3v) is 10.5. The van der Waals surface area contributed by atoms with Crippen LogP contribution in [0.5, 0.6) is 11.8 Å². The lowest BCUT2D eigenvalue weighted by atomic mass is 9.98. The van der Waals surface area contributed by atoms with E-state index in [0.29, 0.717) is 94.1 Å². The zero-order valence-electron chi connectivity index (χ0n) is 27.8. The minimum Gasteiger partial charge on any atom is -0.480 e. The SMILES string of the molecule is COc1nc(-c2cccc(-c3cccc(-c4cnc(CN[C@@H]5CC[C@@H]6CC(=O)N[C@@H]65)c(OC)n4)c3Cl)c2Cl)cnc1CNC[C@@H]1CCC(=O)N1. The van der Waals surface area contributed by atoms with E-state index in [4.69, 9.17) is 47.6 Å². The Balaban J connectivity index is 1.09. The van der Waals surface area contributed by atoms with Crippen LogP contribution in [0.2, 0.25) is 10.0 Å². The summed E-state index contributed by atoms with van der Waals surface area (Å²) in [6.45, 7) is 1.53.